The van der Waals surface area contributed by atoms with Crippen molar-refractivity contribution in [2.24, 2.45) is 0 Å². The molecule has 0 saturated heterocycles. The van der Waals surface area contributed by atoms with Crippen molar-refractivity contribution in [2.45, 2.75) is 46.0 Å². The van der Waals surface area contributed by atoms with E-state index < -0.39 is 5.97 Å². The Labute approximate surface area is 182 Å². The summed E-state index contributed by atoms with van der Waals surface area (Å²) in [7, 11) is 0. The van der Waals surface area contributed by atoms with Gasteiger partial charge in [0.25, 0.3) is 0 Å². The van der Waals surface area contributed by atoms with Crippen LogP contribution >= 0.6 is 0 Å². The Kier molecular flexibility index (Phi) is 6.16. The fourth-order valence-electron chi connectivity index (χ4n) is 3.83. The molecule has 0 spiro atoms. The van der Waals surface area contributed by atoms with Crippen LogP contribution in [-0.2, 0) is 4.74 Å². The number of carbonyl (C=O) groups excluding carboxylic acids is 1. The maximum absolute atomic E-state index is 13.0. The monoisotopic (exact) mass is 416 g/mol. The zero-order valence-corrected chi connectivity index (χ0v) is 18.1. The van der Waals surface area contributed by atoms with Gasteiger partial charge in [0, 0.05) is 5.69 Å². The van der Waals surface area contributed by atoms with E-state index in [0.29, 0.717) is 29.1 Å². The number of unbranched alkanes of at least 4 members (excludes halogenated alkanes) is 4. The van der Waals surface area contributed by atoms with E-state index in [1.54, 1.807) is 4.57 Å². The summed E-state index contributed by atoms with van der Waals surface area (Å²) in [5.74, 6) is -0.152. The van der Waals surface area contributed by atoms with Gasteiger partial charge in [-0.15, -0.1) is 0 Å². The van der Waals surface area contributed by atoms with Crippen LogP contribution in [0.25, 0.3) is 27.9 Å². The number of rotatable bonds is 8. The van der Waals surface area contributed by atoms with E-state index in [1.807, 2.05) is 55.5 Å². The maximum atomic E-state index is 13.0. The van der Waals surface area contributed by atoms with E-state index in [1.165, 1.54) is 12.8 Å². The Bertz CT molecular complexity index is 1230. The molecule has 0 aliphatic rings. The molecule has 160 valence electrons. The second-order valence-electron chi connectivity index (χ2n) is 7.87. The van der Waals surface area contributed by atoms with Gasteiger partial charge in [-0.1, -0.05) is 56.9 Å². The minimum absolute atomic E-state index is 0.281. The van der Waals surface area contributed by atoms with E-state index >= 15 is 0 Å². The number of nitrogens with two attached hydrogens (primary N) is 1. The predicted octanol–water partition coefficient (Wildman–Crippen LogP) is 5.59. The van der Waals surface area contributed by atoms with Crippen molar-refractivity contribution in [1.82, 2.24) is 14.5 Å². The smallest absolute Gasteiger partial charge is 0.344 e. The van der Waals surface area contributed by atoms with Gasteiger partial charge in [0.1, 0.15) is 16.9 Å². The molecule has 0 aliphatic heterocycles. The van der Waals surface area contributed by atoms with Gasteiger partial charge in [0.2, 0.25) is 0 Å². The number of aromatic nitrogens is 3. The largest absolute Gasteiger partial charge is 0.462 e. The van der Waals surface area contributed by atoms with Gasteiger partial charge in [-0.25, -0.2) is 14.8 Å². The Morgan fingerprint density at radius 3 is 2.48 bits per heavy atom. The molecule has 0 saturated carbocycles. The van der Waals surface area contributed by atoms with E-state index in [2.05, 4.69) is 6.92 Å². The third-order valence-electron chi connectivity index (χ3n) is 5.44. The fourth-order valence-corrected chi connectivity index (χ4v) is 3.83. The predicted molar refractivity (Wildman–Crippen MR) is 125 cm³/mol. The van der Waals surface area contributed by atoms with Crippen LogP contribution in [0.5, 0.6) is 0 Å². The molecule has 6 nitrogen and oxygen atoms in total. The third-order valence-corrected chi connectivity index (χ3v) is 5.44. The number of esters is 1. The summed E-state index contributed by atoms with van der Waals surface area (Å²) in [6.45, 7) is 4.57. The average Bonchev–Trinajstić information content (AvgIpc) is 3.05. The summed E-state index contributed by atoms with van der Waals surface area (Å²) in [5.41, 5.74) is 11.2. The van der Waals surface area contributed by atoms with Gasteiger partial charge < -0.3 is 10.5 Å². The summed E-state index contributed by atoms with van der Waals surface area (Å²) in [6.07, 6.45) is 5.43. The van der Waals surface area contributed by atoms with Gasteiger partial charge in [-0.3, -0.25) is 4.57 Å². The molecule has 0 atom stereocenters. The molecule has 0 radical (unpaired) electrons. The van der Waals surface area contributed by atoms with Gasteiger partial charge in [0.15, 0.2) is 5.65 Å². The number of anilines is 1. The quantitative estimate of drug-likeness (QED) is 0.299. The van der Waals surface area contributed by atoms with Crippen molar-refractivity contribution in [3.63, 3.8) is 0 Å². The lowest BCUT2D eigenvalue weighted by Gasteiger charge is -2.09. The number of carbonyl (C=O) groups is 1. The second-order valence-corrected chi connectivity index (χ2v) is 7.87. The summed E-state index contributed by atoms with van der Waals surface area (Å²) in [5, 5.41) is 0. The summed E-state index contributed by atoms with van der Waals surface area (Å²) < 4.78 is 7.37. The molecule has 0 amide bonds. The molecule has 0 aliphatic carbocycles. The van der Waals surface area contributed by atoms with Crippen LogP contribution in [0.15, 0.2) is 48.5 Å². The van der Waals surface area contributed by atoms with E-state index in [-0.39, 0.29) is 5.56 Å². The molecular formula is C25H28N4O2. The second kappa shape index (κ2) is 9.16. The highest BCUT2D eigenvalue weighted by atomic mass is 16.5. The first kappa shape index (κ1) is 20.8. The van der Waals surface area contributed by atoms with Gasteiger partial charge in [0.05, 0.1) is 17.6 Å². The normalized spacial score (nSPS) is 11.3. The number of nitrogen functional groups attached to an aromatic ring is 1. The van der Waals surface area contributed by atoms with Crippen LogP contribution in [0.2, 0.25) is 0 Å². The highest BCUT2D eigenvalue weighted by molar-refractivity contribution is 6.09. The topological polar surface area (TPSA) is 83.0 Å². The Morgan fingerprint density at radius 2 is 1.74 bits per heavy atom. The van der Waals surface area contributed by atoms with Crippen LogP contribution in [0.1, 0.15) is 54.9 Å². The lowest BCUT2D eigenvalue weighted by molar-refractivity contribution is 0.0501. The number of ether oxygens (including phenoxy) is 1. The van der Waals surface area contributed by atoms with E-state index in [9.17, 15) is 4.79 Å². The Morgan fingerprint density at radius 1 is 1.00 bits per heavy atom. The SMILES string of the molecule is CCCCCCCOC(=O)c1c(N)n(-c2cccc(C)c2)c2nc3ccccc3nc12. The number of benzene rings is 2. The zero-order valence-electron chi connectivity index (χ0n) is 18.1. The Balaban J connectivity index is 1.76. The van der Waals surface area contributed by atoms with Crippen LogP contribution < -0.4 is 5.73 Å². The first-order valence-corrected chi connectivity index (χ1v) is 10.9. The molecule has 2 N–H and O–H groups in total. The van der Waals surface area contributed by atoms with E-state index in [0.717, 1.165) is 36.0 Å². The summed E-state index contributed by atoms with van der Waals surface area (Å²) in [4.78, 5) is 22.6. The lowest BCUT2D eigenvalue weighted by Crippen LogP contribution is -2.10. The molecule has 4 rings (SSSR count). The molecule has 2 aromatic heterocycles. The summed E-state index contributed by atoms with van der Waals surface area (Å²) >= 11 is 0. The molecule has 0 unspecified atom stereocenters. The first-order valence-electron chi connectivity index (χ1n) is 10.9. The van der Waals surface area contributed by atoms with Gasteiger partial charge in [-0.2, -0.15) is 0 Å². The van der Waals surface area contributed by atoms with Gasteiger partial charge in [-0.05, 0) is 43.2 Å². The van der Waals surface area contributed by atoms with Crippen molar-refractivity contribution in [2.75, 3.05) is 12.3 Å². The minimum Gasteiger partial charge on any atom is -0.462 e. The highest BCUT2D eigenvalue weighted by Crippen LogP contribution is 2.31. The first-order chi connectivity index (χ1) is 15.1. The average molecular weight is 417 g/mol. The van der Waals surface area contributed by atoms with E-state index in [4.69, 9.17) is 20.4 Å². The van der Waals surface area contributed by atoms with Crippen molar-refractivity contribution in [3.8, 4) is 5.69 Å². The molecule has 0 bridgehead atoms. The standard InChI is InChI=1S/C25H28N4O2/c1-3-4-5-6-9-15-31-25(30)21-22-24(28-20-14-8-7-13-19(20)27-22)29(23(21)26)18-12-10-11-17(2)16-18/h7-8,10-14,16H,3-6,9,15,26H2,1-2H3. The van der Waals surface area contributed by atoms with Crippen molar-refractivity contribution < 1.29 is 9.53 Å². The Hall–Kier alpha value is -3.41. The number of fused-ring (bicyclic) bond motifs is 2. The highest BCUT2D eigenvalue weighted by Gasteiger charge is 2.25. The number of nitrogens with zero attached hydrogens (tertiary/aromatic N) is 3. The zero-order chi connectivity index (χ0) is 21.8. The molecule has 2 aromatic carbocycles. The van der Waals surface area contributed by atoms with Gasteiger partial charge >= 0.3 is 5.97 Å². The maximum Gasteiger partial charge on any atom is 0.344 e. The third kappa shape index (κ3) is 4.24. The summed E-state index contributed by atoms with van der Waals surface area (Å²) in [6, 6.07) is 15.5. The molecule has 2 heterocycles. The molecule has 4 aromatic rings. The van der Waals surface area contributed by atoms with Crippen LogP contribution in [0.4, 0.5) is 5.82 Å². The lowest BCUT2D eigenvalue weighted by atomic mass is 10.2. The minimum atomic E-state index is -0.450. The molecule has 6 heteroatoms. The van der Waals surface area contributed by atoms with Crippen LogP contribution in [0.3, 0.4) is 0 Å². The molecular weight excluding hydrogens is 388 g/mol. The van der Waals surface area contributed by atoms with Crippen molar-refractivity contribution in [3.05, 3.63) is 59.7 Å². The molecule has 31 heavy (non-hydrogen) atoms. The number of hydrogen-bond acceptors (Lipinski definition) is 5. The van der Waals surface area contributed by atoms with Crippen LogP contribution in [-0.4, -0.2) is 27.1 Å². The van der Waals surface area contributed by atoms with Crippen molar-refractivity contribution in [1.29, 1.82) is 0 Å². The molecule has 0 fully saturated rings. The number of hydrogen-bond donors (Lipinski definition) is 1. The fraction of sp³-hybridized carbons (Fsp3) is 0.320. The van der Waals surface area contributed by atoms with Crippen molar-refractivity contribution >= 4 is 34.0 Å². The van der Waals surface area contributed by atoms with Crippen LogP contribution in [0, 0.1) is 6.92 Å². The number of aryl methyl sites for hydroxylation is 1. The number of para-hydroxylation sites is 2.